The average Bonchev–Trinajstić information content (AvgIpc) is 3.33. The smallest absolute Gasteiger partial charge is 0.273 e. The summed E-state index contributed by atoms with van der Waals surface area (Å²) in [6.07, 6.45) is 3.51. The molecule has 0 radical (unpaired) electrons. The number of para-hydroxylation sites is 1. The van der Waals surface area contributed by atoms with Crippen LogP contribution in [0.2, 0.25) is 0 Å². The van der Waals surface area contributed by atoms with Crippen LogP contribution in [0.1, 0.15) is 29.8 Å². The fourth-order valence-corrected chi connectivity index (χ4v) is 4.76. The summed E-state index contributed by atoms with van der Waals surface area (Å²) in [5.41, 5.74) is 2.57. The van der Waals surface area contributed by atoms with E-state index < -0.39 is 0 Å². The molecule has 2 aliphatic rings. The normalized spacial score (nSPS) is 23.5. The van der Waals surface area contributed by atoms with Crippen molar-refractivity contribution in [1.29, 1.82) is 0 Å². The second kappa shape index (κ2) is 7.76. The average molecular weight is 372 g/mol. The number of thiazole rings is 1. The fourth-order valence-electron chi connectivity index (χ4n) is 4.23. The number of ether oxygens (including phenoxy) is 1. The Kier molecular flexibility index (Phi) is 5.22. The zero-order valence-electron chi connectivity index (χ0n) is 15.0. The molecule has 0 unspecified atom stereocenters. The van der Waals surface area contributed by atoms with E-state index in [4.69, 9.17) is 4.74 Å². The minimum atomic E-state index is 0.0904. The third-order valence-electron chi connectivity index (χ3n) is 5.54. The molecule has 3 heterocycles. The lowest BCUT2D eigenvalue weighted by Gasteiger charge is -2.40. The van der Waals surface area contributed by atoms with Crippen molar-refractivity contribution in [3.63, 3.8) is 0 Å². The monoisotopic (exact) mass is 371 g/mol. The highest BCUT2D eigenvalue weighted by Gasteiger charge is 2.43. The molecule has 2 fully saturated rings. The molecular formula is C20H25N3O2S. The molecule has 1 atom stereocenters. The lowest BCUT2D eigenvalue weighted by atomic mass is 9.79. The van der Waals surface area contributed by atoms with Gasteiger partial charge in [-0.25, -0.2) is 4.98 Å². The number of piperidine rings is 1. The molecule has 2 aliphatic heterocycles. The predicted octanol–water partition coefficient (Wildman–Crippen LogP) is 3.15. The van der Waals surface area contributed by atoms with Gasteiger partial charge in [-0.2, -0.15) is 0 Å². The highest BCUT2D eigenvalue weighted by molar-refractivity contribution is 7.07. The molecule has 4 rings (SSSR count). The van der Waals surface area contributed by atoms with Gasteiger partial charge in [0.1, 0.15) is 18.1 Å². The maximum absolute atomic E-state index is 12.6. The van der Waals surface area contributed by atoms with Crippen molar-refractivity contribution in [2.75, 3.05) is 39.3 Å². The largest absolute Gasteiger partial charge is 0.492 e. The Morgan fingerprint density at radius 1 is 1.19 bits per heavy atom. The standard InChI is InChI=1S/C20H25N3O2S/c24-19(18-13-26-16-21-18)23-10-8-20(15-23)7-4-9-22(14-20)11-12-25-17-5-2-1-3-6-17/h1-3,5-6,13,16H,4,7-12,14-15H2/t20-/m1/s1. The van der Waals surface area contributed by atoms with Crippen LogP contribution in [0.4, 0.5) is 0 Å². The molecule has 0 bridgehead atoms. The lowest BCUT2D eigenvalue weighted by molar-refractivity contribution is 0.0655. The van der Waals surface area contributed by atoms with Gasteiger partial charge in [0.25, 0.3) is 5.91 Å². The molecular weight excluding hydrogens is 346 g/mol. The van der Waals surface area contributed by atoms with Gasteiger partial charge >= 0.3 is 0 Å². The van der Waals surface area contributed by atoms with Gasteiger partial charge in [-0.3, -0.25) is 9.69 Å². The summed E-state index contributed by atoms with van der Waals surface area (Å²) in [5, 5.41) is 1.85. The summed E-state index contributed by atoms with van der Waals surface area (Å²) in [7, 11) is 0. The summed E-state index contributed by atoms with van der Waals surface area (Å²) < 4.78 is 5.85. The molecule has 1 aromatic carbocycles. The van der Waals surface area contributed by atoms with Gasteiger partial charge < -0.3 is 9.64 Å². The highest BCUT2D eigenvalue weighted by Crippen LogP contribution is 2.39. The van der Waals surface area contributed by atoms with Gasteiger partial charge in [0, 0.05) is 37.0 Å². The van der Waals surface area contributed by atoms with Crippen molar-refractivity contribution in [3.8, 4) is 5.75 Å². The number of hydrogen-bond donors (Lipinski definition) is 0. The van der Waals surface area contributed by atoms with Crippen LogP contribution in [0.15, 0.2) is 41.2 Å². The quantitative estimate of drug-likeness (QED) is 0.810. The van der Waals surface area contributed by atoms with E-state index in [1.807, 2.05) is 40.6 Å². The summed E-state index contributed by atoms with van der Waals surface area (Å²) >= 11 is 1.48. The van der Waals surface area contributed by atoms with Crippen molar-refractivity contribution >= 4 is 17.2 Å². The maximum Gasteiger partial charge on any atom is 0.273 e. The molecule has 26 heavy (non-hydrogen) atoms. The summed E-state index contributed by atoms with van der Waals surface area (Å²) in [4.78, 5) is 21.3. The topological polar surface area (TPSA) is 45.7 Å². The van der Waals surface area contributed by atoms with Gasteiger partial charge in [0.2, 0.25) is 0 Å². The molecule has 1 spiro atoms. The zero-order valence-corrected chi connectivity index (χ0v) is 15.8. The molecule has 1 aromatic heterocycles. The molecule has 2 aromatic rings. The van der Waals surface area contributed by atoms with Crippen molar-refractivity contribution in [1.82, 2.24) is 14.8 Å². The van der Waals surface area contributed by atoms with E-state index in [0.29, 0.717) is 12.3 Å². The van der Waals surface area contributed by atoms with Crippen molar-refractivity contribution in [2.45, 2.75) is 19.3 Å². The number of aromatic nitrogens is 1. The number of rotatable bonds is 5. The van der Waals surface area contributed by atoms with E-state index in [1.165, 1.54) is 24.2 Å². The minimum Gasteiger partial charge on any atom is -0.492 e. The second-order valence-corrected chi connectivity index (χ2v) is 8.11. The van der Waals surface area contributed by atoms with Crippen LogP contribution in [0.5, 0.6) is 5.75 Å². The van der Waals surface area contributed by atoms with Crippen LogP contribution >= 0.6 is 11.3 Å². The fraction of sp³-hybridized carbons (Fsp3) is 0.500. The first-order valence-electron chi connectivity index (χ1n) is 9.32. The summed E-state index contributed by atoms with van der Waals surface area (Å²) in [5.74, 6) is 1.02. The molecule has 138 valence electrons. The Bertz CT molecular complexity index is 722. The number of benzene rings is 1. The predicted molar refractivity (Wildman–Crippen MR) is 103 cm³/mol. The number of amides is 1. The summed E-state index contributed by atoms with van der Waals surface area (Å²) in [6.45, 7) is 5.55. The number of hydrogen-bond acceptors (Lipinski definition) is 5. The summed E-state index contributed by atoms with van der Waals surface area (Å²) in [6, 6.07) is 9.99. The van der Waals surface area contributed by atoms with E-state index in [9.17, 15) is 4.79 Å². The molecule has 0 aliphatic carbocycles. The van der Waals surface area contributed by atoms with Crippen molar-refractivity contribution in [2.24, 2.45) is 5.41 Å². The second-order valence-electron chi connectivity index (χ2n) is 7.39. The number of nitrogens with zero attached hydrogens (tertiary/aromatic N) is 3. The van der Waals surface area contributed by atoms with E-state index in [-0.39, 0.29) is 11.3 Å². The number of carbonyl (C=O) groups is 1. The number of carbonyl (C=O) groups excluding carboxylic acids is 1. The van der Waals surface area contributed by atoms with Crippen LogP contribution in [-0.2, 0) is 0 Å². The van der Waals surface area contributed by atoms with Gasteiger partial charge in [-0.15, -0.1) is 11.3 Å². The van der Waals surface area contributed by atoms with Crippen molar-refractivity contribution < 1.29 is 9.53 Å². The van der Waals surface area contributed by atoms with Gasteiger partial charge in [0.15, 0.2) is 0 Å². The lowest BCUT2D eigenvalue weighted by Crippen LogP contribution is -2.46. The van der Waals surface area contributed by atoms with Crippen LogP contribution in [-0.4, -0.2) is 60.0 Å². The van der Waals surface area contributed by atoms with Crippen LogP contribution in [0.3, 0.4) is 0 Å². The molecule has 6 heteroatoms. The van der Waals surface area contributed by atoms with E-state index >= 15 is 0 Å². The molecule has 0 N–H and O–H groups in total. The van der Waals surface area contributed by atoms with Crippen LogP contribution in [0.25, 0.3) is 0 Å². The molecule has 1 amide bonds. The minimum absolute atomic E-state index is 0.0904. The first kappa shape index (κ1) is 17.5. The van der Waals surface area contributed by atoms with Crippen molar-refractivity contribution in [3.05, 3.63) is 46.9 Å². The maximum atomic E-state index is 12.6. The Labute approximate surface area is 158 Å². The zero-order chi connectivity index (χ0) is 17.8. The Morgan fingerprint density at radius 3 is 2.88 bits per heavy atom. The first-order chi connectivity index (χ1) is 12.7. The first-order valence-corrected chi connectivity index (χ1v) is 10.3. The van der Waals surface area contributed by atoms with Gasteiger partial charge in [-0.05, 0) is 37.9 Å². The van der Waals surface area contributed by atoms with Gasteiger partial charge in [-0.1, -0.05) is 18.2 Å². The Balaban J connectivity index is 1.30. The SMILES string of the molecule is O=C(c1cscn1)N1CC[C@@]2(CCCN(CCOc3ccccc3)C2)C1. The third kappa shape index (κ3) is 3.91. The third-order valence-corrected chi connectivity index (χ3v) is 6.12. The number of likely N-dealkylation sites (tertiary alicyclic amines) is 2. The van der Waals surface area contributed by atoms with E-state index in [2.05, 4.69) is 9.88 Å². The molecule has 2 saturated heterocycles. The van der Waals surface area contributed by atoms with E-state index in [1.54, 1.807) is 5.51 Å². The Hall–Kier alpha value is -1.92. The van der Waals surface area contributed by atoms with Crippen LogP contribution < -0.4 is 4.74 Å². The van der Waals surface area contributed by atoms with Gasteiger partial charge in [0.05, 0.1) is 5.51 Å². The molecule has 0 saturated carbocycles. The van der Waals surface area contributed by atoms with Crippen LogP contribution in [0, 0.1) is 5.41 Å². The molecule has 5 nitrogen and oxygen atoms in total. The van der Waals surface area contributed by atoms with E-state index in [0.717, 1.165) is 44.9 Å². The highest BCUT2D eigenvalue weighted by atomic mass is 32.1. The Morgan fingerprint density at radius 2 is 2.08 bits per heavy atom.